The Morgan fingerprint density at radius 1 is 1.22 bits per heavy atom. The van der Waals surface area contributed by atoms with Gasteiger partial charge in [-0.2, -0.15) is 0 Å². The molecule has 3 aromatic heterocycles. The van der Waals surface area contributed by atoms with Crippen molar-refractivity contribution in [3.8, 4) is 10.8 Å². The van der Waals surface area contributed by atoms with Crippen molar-refractivity contribution in [1.82, 2.24) is 4.98 Å². The first-order valence-electron chi connectivity index (χ1n) is 5.23. The van der Waals surface area contributed by atoms with Crippen molar-refractivity contribution in [3.05, 3.63) is 47.0 Å². The van der Waals surface area contributed by atoms with Gasteiger partial charge in [0.25, 0.3) is 0 Å². The highest BCUT2D eigenvalue weighted by atomic mass is 32.2. The molecule has 1 unspecified atom stereocenters. The van der Waals surface area contributed by atoms with Crippen LogP contribution in [-0.2, 0) is 16.6 Å². The van der Waals surface area contributed by atoms with Gasteiger partial charge in [-0.3, -0.25) is 4.21 Å². The van der Waals surface area contributed by atoms with Crippen LogP contribution in [0.15, 0.2) is 49.9 Å². The Labute approximate surface area is 115 Å². The van der Waals surface area contributed by atoms with Gasteiger partial charge in [-0.05, 0) is 22.9 Å². The minimum Gasteiger partial charge on any atom is -0.444 e. The maximum atomic E-state index is 12.0. The minimum absolute atomic E-state index is 0.398. The van der Waals surface area contributed by atoms with E-state index in [1.54, 1.807) is 17.6 Å². The number of hydrogen-bond donors (Lipinski definition) is 0. The summed E-state index contributed by atoms with van der Waals surface area (Å²) in [4.78, 5) is 5.35. The molecule has 3 rings (SSSR count). The molecule has 3 heterocycles. The minimum atomic E-state index is -1.04. The van der Waals surface area contributed by atoms with Crippen LogP contribution in [0, 0.1) is 0 Å². The second-order valence-corrected chi connectivity index (χ2v) is 7.12. The Bertz CT molecular complexity index is 641. The maximum Gasteiger partial charge on any atom is 0.236 e. The summed E-state index contributed by atoms with van der Waals surface area (Å²) in [5.74, 6) is 0.998. The van der Waals surface area contributed by atoms with Crippen molar-refractivity contribution in [1.29, 1.82) is 0 Å². The molecule has 0 aliphatic carbocycles. The molecule has 6 heteroatoms. The van der Waals surface area contributed by atoms with Gasteiger partial charge in [0, 0.05) is 0 Å². The van der Waals surface area contributed by atoms with Crippen molar-refractivity contribution in [2.75, 3.05) is 0 Å². The third kappa shape index (κ3) is 2.45. The van der Waals surface area contributed by atoms with Crippen LogP contribution in [0.3, 0.4) is 0 Å². The molecular weight excluding hydrogens is 286 g/mol. The van der Waals surface area contributed by atoms with Crippen molar-refractivity contribution in [2.45, 2.75) is 9.96 Å². The van der Waals surface area contributed by atoms with Gasteiger partial charge >= 0.3 is 0 Å². The molecule has 18 heavy (non-hydrogen) atoms. The standard InChI is InChI=1S/C12H9NO2S3/c14-18(11-4-2-6-17-11)8-9-7-15-12(13-9)10-3-1-5-16-10/h1-7H,8H2. The van der Waals surface area contributed by atoms with Gasteiger partial charge in [-0.15, -0.1) is 22.7 Å². The Balaban J connectivity index is 1.76. The van der Waals surface area contributed by atoms with E-state index in [0.717, 1.165) is 14.8 Å². The second-order valence-electron chi connectivity index (χ2n) is 3.54. The molecule has 0 aliphatic rings. The summed E-state index contributed by atoms with van der Waals surface area (Å²) < 4.78 is 18.3. The van der Waals surface area contributed by atoms with Crippen LogP contribution < -0.4 is 0 Å². The van der Waals surface area contributed by atoms with E-state index in [1.165, 1.54) is 11.3 Å². The molecule has 0 aliphatic heterocycles. The first-order chi connectivity index (χ1) is 8.83. The molecule has 1 atom stereocenters. The van der Waals surface area contributed by atoms with Crippen LogP contribution in [0.25, 0.3) is 10.8 Å². The predicted molar refractivity (Wildman–Crippen MR) is 74.2 cm³/mol. The Kier molecular flexibility index (Phi) is 3.40. The molecule has 0 radical (unpaired) electrons. The molecule has 92 valence electrons. The van der Waals surface area contributed by atoms with Gasteiger partial charge in [-0.25, -0.2) is 4.98 Å². The number of hydrogen-bond acceptors (Lipinski definition) is 5. The number of thiophene rings is 2. The lowest BCUT2D eigenvalue weighted by atomic mass is 10.5. The van der Waals surface area contributed by atoms with E-state index >= 15 is 0 Å². The Morgan fingerprint density at radius 2 is 2.06 bits per heavy atom. The average Bonchev–Trinajstić information content (AvgIpc) is 3.12. The van der Waals surface area contributed by atoms with E-state index in [-0.39, 0.29) is 0 Å². The summed E-state index contributed by atoms with van der Waals surface area (Å²) in [6.07, 6.45) is 1.58. The molecule has 0 saturated carbocycles. The zero-order valence-electron chi connectivity index (χ0n) is 9.24. The molecule has 0 aromatic carbocycles. The summed E-state index contributed by atoms with van der Waals surface area (Å²) >= 11 is 3.07. The lowest BCUT2D eigenvalue weighted by Crippen LogP contribution is -1.94. The Morgan fingerprint density at radius 3 is 2.78 bits per heavy atom. The SMILES string of the molecule is O=S(Cc1coc(-c2cccs2)n1)c1cccs1. The zero-order valence-corrected chi connectivity index (χ0v) is 11.7. The molecule has 0 spiro atoms. The fourth-order valence-corrected chi connectivity index (χ4v) is 4.14. The fourth-order valence-electron chi connectivity index (χ4n) is 1.49. The lowest BCUT2D eigenvalue weighted by molar-refractivity contribution is 0.574. The van der Waals surface area contributed by atoms with Crippen LogP contribution in [-0.4, -0.2) is 9.19 Å². The lowest BCUT2D eigenvalue weighted by Gasteiger charge is -1.93. The van der Waals surface area contributed by atoms with Gasteiger partial charge in [0.2, 0.25) is 5.89 Å². The third-order valence-electron chi connectivity index (χ3n) is 2.28. The second kappa shape index (κ2) is 5.17. The zero-order chi connectivity index (χ0) is 12.4. The largest absolute Gasteiger partial charge is 0.444 e. The van der Waals surface area contributed by atoms with E-state index in [2.05, 4.69) is 4.98 Å². The summed E-state index contributed by atoms with van der Waals surface area (Å²) in [6.45, 7) is 0. The summed E-state index contributed by atoms with van der Waals surface area (Å²) in [7, 11) is -1.04. The highest BCUT2D eigenvalue weighted by Crippen LogP contribution is 2.25. The van der Waals surface area contributed by atoms with Gasteiger partial charge < -0.3 is 4.42 Å². The van der Waals surface area contributed by atoms with Gasteiger partial charge in [-0.1, -0.05) is 12.1 Å². The summed E-state index contributed by atoms with van der Waals surface area (Å²) in [5, 5.41) is 3.90. The average molecular weight is 295 g/mol. The highest BCUT2D eigenvalue weighted by molar-refractivity contribution is 7.86. The van der Waals surface area contributed by atoms with Crippen molar-refractivity contribution in [2.24, 2.45) is 0 Å². The van der Waals surface area contributed by atoms with Crippen LogP contribution in [0.4, 0.5) is 0 Å². The number of nitrogens with zero attached hydrogens (tertiary/aromatic N) is 1. The highest BCUT2D eigenvalue weighted by Gasteiger charge is 2.11. The first-order valence-corrected chi connectivity index (χ1v) is 8.31. The van der Waals surface area contributed by atoms with Crippen molar-refractivity contribution >= 4 is 33.5 Å². The van der Waals surface area contributed by atoms with Crippen LogP contribution >= 0.6 is 22.7 Å². The molecule has 3 aromatic rings. The van der Waals surface area contributed by atoms with E-state index in [4.69, 9.17) is 4.42 Å². The molecule has 0 N–H and O–H groups in total. The maximum absolute atomic E-state index is 12.0. The van der Waals surface area contributed by atoms with Gasteiger partial charge in [0.05, 0.1) is 31.3 Å². The van der Waals surface area contributed by atoms with E-state index in [9.17, 15) is 4.21 Å². The molecule has 3 nitrogen and oxygen atoms in total. The molecule has 0 saturated heterocycles. The molecule has 0 amide bonds. The van der Waals surface area contributed by atoms with Crippen LogP contribution in [0.2, 0.25) is 0 Å². The van der Waals surface area contributed by atoms with Crippen molar-refractivity contribution < 1.29 is 8.63 Å². The summed E-state index contributed by atoms with van der Waals surface area (Å²) in [5.41, 5.74) is 0.727. The molecule has 0 fully saturated rings. The molecule has 0 bridgehead atoms. The van der Waals surface area contributed by atoms with Crippen LogP contribution in [0.5, 0.6) is 0 Å². The monoisotopic (exact) mass is 295 g/mol. The number of oxazole rings is 1. The van der Waals surface area contributed by atoms with Crippen molar-refractivity contribution in [3.63, 3.8) is 0 Å². The van der Waals surface area contributed by atoms with E-state index in [0.29, 0.717) is 11.6 Å². The summed E-state index contributed by atoms with van der Waals surface area (Å²) in [6, 6.07) is 7.68. The number of rotatable bonds is 4. The smallest absolute Gasteiger partial charge is 0.236 e. The van der Waals surface area contributed by atoms with Gasteiger partial charge in [0.15, 0.2) is 0 Å². The Hall–Kier alpha value is -1.24. The number of aromatic nitrogens is 1. The van der Waals surface area contributed by atoms with Gasteiger partial charge in [0.1, 0.15) is 6.26 Å². The van der Waals surface area contributed by atoms with E-state index in [1.807, 2.05) is 35.0 Å². The third-order valence-corrected chi connectivity index (χ3v) is 5.79. The van der Waals surface area contributed by atoms with E-state index < -0.39 is 10.8 Å². The normalized spacial score (nSPS) is 12.7. The quantitative estimate of drug-likeness (QED) is 0.736. The topological polar surface area (TPSA) is 43.1 Å². The predicted octanol–water partition coefficient (Wildman–Crippen LogP) is 3.77. The fraction of sp³-hybridized carbons (Fsp3) is 0.0833. The first kappa shape index (κ1) is 11.8. The molecular formula is C12H9NO2S3. The van der Waals surface area contributed by atoms with Crippen LogP contribution in [0.1, 0.15) is 5.69 Å².